The first-order valence-corrected chi connectivity index (χ1v) is 10.3. The van der Waals surface area contributed by atoms with Gasteiger partial charge in [0.25, 0.3) is 15.6 Å². The molecule has 0 radical (unpaired) electrons. The van der Waals surface area contributed by atoms with Crippen molar-refractivity contribution in [2.45, 2.75) is 11.8 Å². The quantitative estimate of drug-likeness (QED) is 0.466. The van der Waals surface area contributed by atoms with Gasteiger partial charge in [0.05, 0.1) is 17.3 Å². The molecule has 0 saturated carbocycles. The third kappa shape index (κ3) is 3.45. The van der Waals surface area contributed by atoms with Crippen LogP contribution in [0.3, 0.4) is 0 Å². The molecule has 0 N–H and O–H groups in total. The minimum absolute atomic E-state index is 0.0161. The van der Waals surface area contributed by atoms with Crippen molar-refractivity contribution in [3.63, 3.8) is 0 Å². The summed E-state index contributed by atoms with van der Waals surface area (Å²) in [6, 6.07) is 14.9. The summed E-state index contributed by atoms with van der Waals surface area (Å²) >= 11 is 5.83. The molecular formula is C19H14ClN5O3S. The lowest BCUT2D eigenvalue weighted by Crippen LogP contribution is -2.22. The molecule has 0 fully saturated rings. The Hall–Kier alpha value is -3.30. The van der Waals surface area contributed by atoms with Crippen LogP contribution in [0.15, 0.2) is 75.6 Å². The van der Waals surface area contributed by atoms with Crippen molar-refractivity contribution >= 4 is 38.9 Å². The molecule has 2 heterocycles. The molecule has 4 aromatic rings. The minimum atomic E-state index is -4.04. The molecule has 0 aliphatic heterocycles. The molecule has 0 amide bonds. The molecule has 0 unspecified atom stereocenters. The second-order valence-electron chi connectivity index (χ2n) is 6.12. The zero-order chi connectivity index (χ0) is 20.6. The fraction of sp³-hybridized carbons (Fsp3) is 0.0526. The van der Waals surface area contributed by atoms with Crippen LogP contribution in [-0.4, -0.2) is 33.5 Å². The van der Waals surface area contributed by atoms with Gasteiger partial charge in [-0.3, -0.25) is 4.79 Å². The molecule has 0 aliphatic rings. The summed E-state index contributed by atoms with van der Waals surface area (Å²) in [5, 5.41) is 8.52. The van der Waals surface area contributed by atoms with E-state index in [1.54, 1.807) is 6.92 Å². The molecule has 2 aromatic heterocycles. The summed E-state index contributed by atoms with van der Waals surface area (Å²) in [5.41, 5.74) is 0.228. The number of rotatable bonds is 4. The zero-order valence-electron chi connectivity index (χ0n) is 15.1. The Labute approximate surface area is 170 Å². The van der Waals surface area contributed by atoms with Crippen molar-refractivity contribution in [3.05, 3.63) is 87.6 Å². The standard InChI is InChI=1S/C19H14ClN5O3S/c1-13-23-18-17(19(26)24(13)21-11-14-5-3-2-4-6-14)12-22-25(18)29(27,28)16-9-7-15(20)8-10-16/h2-12H,1H3/b21-11+. The first kappa shape index (κ1) is 19.0. The molecule has 0 spiro atoms. The third-order valence-corrected chi connectivity index (χ3v) is 6.01. The molecule has 0 saturated heterocycles. The normalized spacial score (nSPS) is 12.1. The Morgan fingerprint density at radius 3 is 2.45 bits per heavy atom. The van der Waals surface area contributed by atoms with Crippen molar-refractivity contribution in [1.29, 1.82) is 0 Å². The van der Waals surface area contributed by atoms with Gasteiger partial charge in [0.1, 0.15) is 11.2 Å². The molecule has 0 bridgehead atoms. The highest BCUT2D eigenvalue weighted by Gasteiger charge is 2.23. The lowest BCUT2D eigenvalue weighted by Gasteiger charge is -2.07. The second-order valence-corrected chi connectivity index (χ2v) is 8.32. The van der Waals surface area contributed by atoms with E-state index in [1.165, 1.54) is 36.7 Å². The largest absolute Gasteiger partial charge is 0.285 e. The summed E-state index contributed by atoms with van der Waals surface area (Å²) in [5.74, 6) is 0.225. The molecular weight excluding hydrogens is 414 g/mol. The van der Waals surface area contributed by atoms with Crippen molar-refractivity contribution in [2.24, 2.45) is 5.10 Å². The van der Waals surface area contributed by atoms with E-state index in [0.29, 0.717) is 5.02 Å². The molecule has 0 aliphatic carbocycles. The van der Waals surface area contributed by atoms with E-state index < -0.39 is 15.6 Å². The highest BCUT2D eigenvalue weighted by molar-refractivity contribution is 7.90. The van der Waals surface area contributed by atoms with Crippen LogP contribution in [0.4, 0.5) is 0 Å². The molecule has 29 heavy (non-hydrogen) atoms. The Morgan fingerprint density at radius 2 is 1.76 bits per heavy atom. The van der Waals surface area contributed by atoms with Gasteiger partial charge in [0.15, 0.2) is 5.65 Å². The molecule has 2 aromatic carbocycles. The molecule has 10 heteroatoms. The molecule has 146 valence electrons. The van der Waals surface area contributed by atoms with Crippen LogP contribution in [0.25, 0.3) is 11.0 Å². The van der Waals surface area contributed by atoms with E-state index in [9.17, 15) is 13.2 Å². The number of nitrogens with zero attached hydrogens (tertiary/aromatic N) is 5. The number of halogens is 1. The van der Waals surface area contributed by atoms with E-state index in [-0.39, 0.29) is 21.8 Å². The van der Waals surface area contributed by atoms with Crippen LogP contribution in [-0.2, 0) is 10.0 Å². The molecule has 0 atom stereocenters. The van der Waals surface area contributed by atoms with Gasteiger partial charge in [-0.15, -0.1) is 4.09 Å². The van der Waals surface area contributed by atoms with Gasteiger partial charge < -0.3 is 0 Å². The van der Waals surface area contributed by atoms with Crippen LogP contribution in [0.2, 0.25) is 5.02 Å². The summed E-state index contributed by atoms with van der Waals surface area (Å²) in [6.07, 6.45) is 2.70. The third-order valence-electron chi connectivity index (χ3n) is 4.17. The minimum Gasteiger partial charge on any atom is -0.266 e. The lowest BCUT2D eigenvalue weighted by molar-refractivity contribution is 0.581. The Morgan fingerprint density at radius 1 is 1.07 bits per heavy atom. The van der Waals surface area contributed by atoms with Gasteiger partial charge >= 0.3 is 0 Å². The highest BCUT2D eigenvalue weighted by atomic mass is 35.5. The SMILES string of the molecule is Cc1nc2c(cnn2S(=O)(=O)c2ccc(Cl)cc2)c(=O)n1/N=C/c1ccccc1. The first-order chi connectivity index (χ1) is 13.9. The number of hydrogen-bond donors (Lipinski definition) is 0. The fourth-order valence-electron chi connectivity index (χ4n) is 2.72. The fourth-order valence-corrected chi connectivity index (χ4v) is 4.07. The lowest BCUT2D eigenvalue weighted by atomic mass is 10.2. The Kier molecular flexibility index (Phi) is 4.77. The number of aryl methyl sites for hydroxylation is 1. The predicted molar refractivity (Wildman–Crippen MR) is 110 cm³/mol. The van der Waals surface area contributed by atoms with Crippen LogP contribution in [0.5, 0.6) is 0 Å². The van der Waals surface area contributed by atoms with Gasteiger partial charge in [0.2, 0.25) is 0 Å². The first-order valence-electron chi connectivity index (χ1n) is 8.46. The van der Waals surface area contributed by atoms with Crippen molar-refractivity contribution < 1.29 is 8.42 Å². The maximum atomic E-state index is 12.9. The van der Waals surface area contributed by atoms with E-state index in [4.69, 9.17) is 11.6 Å². The smallest absolute Gasteiger partial charge is 0.266 e. The average Bonchev–Trinajstić information content (AvgIpc) is 3.14. The summed E-state index contributed by atoms with van der Waals surface area (Å²) < 4.78 is 27.7. The topological polar surface area (TPSA) is 99.2 Å². The second kappa shape index (κ2) is 7.26. The van der Waals surface area contributed by atoms with Gasteiger partial charge in [0, 0.05) is 5.02 Å². The maximum Gasteiger partial charge on any atom is 0.285 e. The predicted octanol–water partition coefficient (Wildman–Crippen LogP) is 2.67. The van der Waals surface area contributed by atoms with E-state index in [2.05, 4.69) is 15.2 Å². The summed E-state index contributed by atoms with van der Waals surface area (Å²) in [6.45, 7) is 1.56. The monoisotopic (exact) mass is 427 g/mol. The average molecular weight is 428 g/mol. The molecule has 4 rings (SSSR count). The van der Waals surface area contributed by atoms with Gasteiger partial charge in [-0.1, -0.05) is 41.9 Å². The van der Waals surface area contributed by atoms with E-state index in [0.717, 1.165) is 14.3 Å². The van der Waals surface area contributed by atoms with Crippen LogP contribution in [0.1, 0.15) is 11.4 Å². The summed E-state index contributed by atoms with van der Waals surface area (Å²) in [4.78, 5) is 17.1. The van der Waals surface area contributed by atoms with Crippen molar-refractivity contribution in [2.75, 3.05) is 0 Å². The van der Waals surface area contributed by atoms with Crippen LogP contribution < -0.4 is 5.56 Å². The van der Waals surface area contributed by atoms with Crippen LogP contribution >= 0.6 is 11.6 Å². The van der Waals surface area contributed by atoms with E-state index in [1.807, 2.05) is 30.3 Å². The zero-order valence-corrected chi connectivity index (χ0v) is 16.7. The van der Waals surface area contributed by atoms with Gasteiger partial charge in [-0.2, -0.15) is 23.3 Å². The number of fused-ring (bicyclic) bond motifs is 1. The van der Waals surface area contributed by atoms with Crippen molar-refractivity contribution in [3.8, 4) is 0 Å². The number of hydrogen-bond acceptors (Lipinski definition) is 6. The summed E-state index contributed by atoms with van der Waals surface area (Å²) in [7, 11) is -4.04. The van der Waals surface area contributed by atoms with Gasteiger partial charge in [-0.25, -0.2) is 4.98 Å². The Balaban J connectivity index is 1.83. The van der Waals surface area contributed by atoms with Crippen molar-refractivity contribution in [1.82, 2.24) is 18.8 Å². The maximum absolute atomic E-state index is 12.9. The van der Waals surface area contributed by atoms with Crippen LogP contribution in [0, 0.1) is 6.92 Å². The Bertz CT molecular complexity index is 1390. The van der Waals surface area contributed by atoms with E-state index >= 15 is 0 Å². The number of aromatic nitrogens is 4. The molecule has 8 nitrogen and oxygen atoms in total. The highest BCUT2D eigenvalue weighted by Crippen LogP contribution is 2.19. The van der Waals surface area contributed by atoms with Gasteiger partial charge in [-0.05, 0) is 36.8 Å². The number of benzene rings is 2.